The van der Waals surface area contributed by atoms with Crippen molar-refractivity contribution in [3.8, 4) is 5.75 Å². The van der Waals surface area contributed by atoms with Gasteiger partial charge in [0.1, 0.15) is 23.5 Å². The second-order valence-corrected chi connectivity index (χ2v) is 6.47. The zero-order valence-corrected chi connectivity index (χ0v) is 13.5. The topological polar surface area (TPSA) is 9.23 Å². The number of hydrogen-bond donors (Lipinski definition) is 0. The zero-order valence-electron chi connectivity index (χ0n) is 11.2. The van der Waals surface area contributed by atoms with Gasteiger partial charge in [0.05, 0.1) is 9.85 Å². The highest BCUT2D eigenvalue weighted by molar-refractivity contribution is 9.09. The summed E-state index contributed by atoms with van der Waals surface area (Å²) in [4.78, 5) is -0.439. The van der Waals surface area contributed by atoms with E-state index < -0.39 is 16.5 Å². The van der Waals surface area contributed by atoms with E-state index in [2.05, 4.69) is 15.9 Å². The quantitative estimate of drug-likeness (QED) is 0.504. The molecule has 110 valence electrons. The highest BCUT2D eigenvalue weighted by atomic mass is 79.9. The van der Waals surface area contributed by atoms with E-state index in [1.165, 1.54) is 0 Å². The Morgan fingerprint density at radius 2 is 2.00 bits per heavy atom. The van der Waals surface area contributed by atoms with Crippen LogP contribution in [0.25, 0.3) is 0 Å². The Hall–Kier alpha value is -1.13. The summed E-state index contributed by atoms with van der Waals surface area (Å²) in [6, 6.07) is 7.81. The molecule has 0 bridgehead atoms. The molecule has 2 unspecified atom stereocenters. The standard InChI is InChI=1S/C16H12BrClF2O/c1-8-4-10-5-9(2-3-15(10)21-8)16(17)11-6-14(20)12(18)7-13(11)19/h2-3,5-8,16H,4H2,1H3. The molecule has 21 heavy (non-hydrogen) atoms. The maximum Gasteiger partial charge on any atom is 0.142 e. The van der Waals surface area contributed by atoms with E-state index >= 15 is 0 Å². The van der Waals surface area contributed by atoms with Gasteiger partial charge in [-0.05, 0) is 36.2 Å². The second kappa shape index (κ2) is 5.58. The predicted octanol–water partition coefficient (Wildman–Crippen LogP) is 5.43. The van der Waals surface area contributed by atoms with Crippen molar-refractivity contribution in [2.45, 2.75) is 24.3 Å². The van der Waals surface area contributed by atoms with Crippen LogP contribution in [0.4, 0.5) is 8.78 Å². The van der Waals surface area contributed by atoms with E-state index in [9.17, 15) is 8.78 Å². The Balaban J connectivity index is 1.98. The molecule has 0 radical (unpaired) electrons. The molecule has 0 spiro atoms. The van der Waals surface area contributed by atoms with Crippen LogP contribution in [-0.4, -0.2) is 6.10 Å². The van der Waals surface area contributed by atoms with Crippen LogP contribution < -0.4 is 4.74 Å². The fourth-order valence-corrected chi connectivity index (χ4v) is 3.30. The lowest BCUT2D eigenvalue weighted by Crippen LogP contribution is -2.05. The molecule has 1 heterocycles. The van der Waals surface area contributed by atoms with Crippen LogP contribution >= 0.6 is 27.5 Å². The molecule has 0 N–H and O–H groups in total. The lowest BCUT2D eigenvalue weighted by Gasteiger charge is -2.13. The molecule has 1 nitrogen and oxygen atoms in total. The summed E-state index contributed by atoms with van der Waals surface area (Å²) in [6.07, 6.45) is 0.967. The van der Waals surface area contributed by atoms with Gasteiger partial charge in [-0.2, -0.15) is 0 Å². The molecule has 1 aliphatic heterocycles. The molecule has 2 aromatic carbocycles. The van der Waals surface area contributed by atoms with E-state index in [0.29, 0.717) is 0 Å². The summed E-state index contributed by atoms with van der Waals surface area (Å²) in [5.74, 6) is -0.308. The van der Waals surface area contributed by atoms with E-state index in [-0.39, 0.29) is 16.7 Å². The van der Waals surface area contributed by atoms with Crippen molar-refractivity contribution in [1.29, 1.82) is 0 Å². The molecule has 2 aromatic rings. The van der Waals surface area contributed by atoms with Gasteiger partial charge in [-0.15, -0.1) is 0 Å². The van der Waals surface area contributed by atoms with Crippen molar-refractivity contribution in [3.63, 3.8) is 0 Å². The van der Waals surface area contributed by atoms with Crippen molar-refractivity contribution in [2.24, 2.45) is 0 Å². The molecule has 2 atom stereocenters. The van der Waals surface area contributed by atoms with Gasteiger partial charge < -0.3 is 4.74 Å². The Morgan fingerprint density at radius 3 is 2.76 bits per heavy atom. The van der Waals surface area contributed by atoms with Crippen LogP contribution in [0.15, 0.2) is 30.3 Å². The number of halogens is 4. The van der Waals surface area contributed by atoms with Crippen molar-refractivity contribution in [3.05, 3.63) is 63.7 Å². The van der Waals surface area contributed by atoms with Crippen molar-refractivity contribution >= 4 is 27.5 Å². The second-order valence-electron chi connectivity index (χ2n) is 5.15. The number of rotatable bonds is 2. The van der Waals surface area contributed by atoms with Gasteiger partial charge in [0.15, 0.2) is 0 Å². The van der Waals surface area contributed by atoms with Gasteiger partial charge in [-0.3, -0.25) is 0 Å². The molecule has 0 saturated carbocycles. The van der Waals surface area contributed by atoms with Crippen LogP contribution in [0.5, 0.6) is 5.75 Å². The molecule has 0 aromatic heterocycles. The van der Waals surface area contributed by atoms with Gasteiger partial charge in [0.25, 0.3) is 0 Å². The first kappa shape index (κ1) is 14.8. The first-order chi connectivity index (χ1) is 9.95. The third kappa shape index (κ3) is 2.79. The molecule has 1 aliphatic rings. The summed E-state index contributed by atoms with van der Waals surface area (Å²) in [5, 5.41) is -0.216. The van der Waals surface area contributed by atoms with E-state index in [1.54, 1.807) is 0 Å². The minimum atomic E-state index is -0.629. The highest BCUT2D eigenvalue weighted by Crippen LogP contribution is 2.38. The lowest BCUT2D eigenvalue weighted by molar-refractivity contribution is 0.254. The van der Waals surface area contributed by atoms with Gasteiger partial charge >= 0.3 is 0 Å². The summed E-state index contributed by atoms with van der Waals surface area (Å²) >= 11 is 9.02. The summed E-state index contributed by atoms with van der Waals surface area (Å²) in [6.45, 7) is 2.00. The maximum atomic E-state index is 14.0. The molecule has 0 aliphatic carbocycles. The molecular formula is C16H12BrClF2O. The number of hydrogen-bond acceptors (Lipinski definition) is 1. The minimum Gasteiger partial charge on any atom is -0.490 e. The molecule has 0 saturated heterocycles. The first-order valence-corrected chi connectivity index (χ1v) is 7.83. The van der Waals surface area contributed by atoms with Crippen LogP contribution in [0, 0.1) is 11.6 Å². The Bertz CT molecular complexity index is 705. The Labute approximate surface area is 135 Å². The van der Waals surface area contributed by atoms with Crippen molar-refractivity contribution < 1.29 is 13.5 Å². The summed E-state index contributed by atoms with van der Waals surface area (Å²) in [5.41, 5.74) is 2.16. The normalized spacial score (nSPS) is 18.2. The van der Waals surface area contributed by atoms with Gasteiger partial charge in [0.2, 0.25) is 0 Å². The average Bonchev–Trinajstić information content (AvgIpc) is 2.81. The van der Waals surface area contributed by atoms with Crippen LogP contribution in [0.1, 0.15) is 28.4 Å². The monoisotopic (exact) mass is 372 g/mol. The maximum absolute atomic E-state index is 14.0. The summed E-state index contributed by atoms with van der Waals surface area (Å²) in [7, 11) is 0. The van der Waals surface area contributed by atoms with Gasteiger partial charge in [0, 0.05) is 12.0 Å². The van der Waals surface area contributed by atoms with E-state index in [1.807, 2.05) is 25.1 Å². The SMILES string of the molecule is CC1Cc2cc(C(Br)c3cc(F)c(Cl)cc3F)ccc2O1. The van der Waals surface area contributed by atoms with Crippen LogP contribution in [0.2, 0.25) is 5.02 Å². The minimum absolute atomic E-state index is 0.147. The molecule has 5 heteroatoms. The number of alkyl halides is 1. The lowest BCUT2D eigenvalue weighted by atomic mass is 10.0. The van der Waals surface area contributed by atoms with E-state index in [4.69, 9.17) is 16.3 Å². The highest BCUT2D eigenvalue weighted by Gasteiger charge is 2.22. The summed E-state index contributed by atoms with van der Waals surface area (Å²) < 4.78 is 33.2. The first-order valence-electron chi connectivity index (χ1n) is 6.53. The fourth-order valence-electron chi connectivity index (χ4n) is 2.51. The predicted molar refractivity (Wildman–Crippen MR) is 82.4 cm³/mol. The van der Waals surface area contributed by atoms with Gasteiger partial charge in [-0.1, -0.05) is 39.7 Å². The number of benzene rings is 2. The molecular weight excluding hydrogens is 362 g/mol. The third-order valence-corrected chi connectivity index (χ3v) is 4.84. The van der Waals surface area contributed by atoms with Gasteiger partial charge in [-0.25, -0.2) is 8.78 Å². The Kier molecular flexibility index (Phi) is 3.93. The Morgan fingerprint density at radius 1 is 1.24 bits per heavy atom. The largest absolute Gasteiger partial charge is 0.490 e. The fraction of sp³-hybridized carbons (Fsp3) is 0.250. The molecule has 3 rings (SSSR count). The van der Waals surface area contributed by atoms with Crippen LogP contribution in [-0.2, 0) is 6.42 Å². The van der Waals surface area contributed by atoms with Crippen molar-refractivity contribution in [1.82, 2.24) is 0 Å². The average molecular weight is 374 g/mol. The smallest absolute Gasteiger partial charge is 0.142 e. The molecule has 0 fully saturated rings. The number of fused-ring (bicyclic) bond motifs is 1. The van der Waals surface area contributed by atoms with Crippen molar-refractivity contribution in [2.75, 3.05) is 0 Å². The van der Waals surface area contributed by atoms with Crippen LogP contribution in [0.3, 0.4) is 0 Å². The van der Waals surface area contributed by atoms with E-state index in [0.717, 1.165) is 35.4 Å². The molecule has 0 amide bonds. The zero-order chi connectivity index (χ0) is 15.1. The third-order valence-electron chi connectivity index (χ3n) is 3.53. The number of ether oxygens (including phenoxy) is 1.